The number of hydrogen-bond donors (Lipinski definition) is 3. The summed E-state index contributed by atoms with van der Waals surface area (Å²) >= 11 is 0. The van der Waals surface area contributed by atoms with Crippen molar-refractivity contribution in [3.05, 3.63) is 30.1 Å². The van der Waals surface area contributed by atoms with Crippen LogP contribution in [0.4, 0.5) is 4.39 Å². The summed E-state index contributed by atoms with van der Waals surface area (Å²) < 4.78 is 24.3. The Morgan fingerprint density at radius 3 is 2.65 bits per heavy atom. The lowest BCUT2D eigenvalue weighted by Gasteiger charge is -2.18. The molecule has 6 nitrogen and oxygen atoms in total. The fourth-order valence-corrected chi connectivity index (χ4v) is 2.09. The Labute approximate surface area is 155 Å². The predicted molar refractivity (Wildman–Crippen MR) is 102 cm³/mol. The normalized spacial score (nSPS) is 14.2. The van der Waals surface area contributed by atoms with Gasteiger partial charge in [-0.25, -0.2) is 4.39 Å². The summed E-state index contributed by atoms with van der Waals surface area (Å²) in [7, 11) is 0. The molecule has 1 aromatic rings. The van der Waals surface area contributed by atoms with E-state index in [1.165, 1.54) is 12.1 Å². The number of aliphatic hydroxyl groups excluding tert-OH is 1. The molecule has 1 aromatic carbocycles. The fourth-order valence-electron chi connectivity index (χ4n) is 2.09. The lowest BCUT2D eigenvalue weighted by atomic mass is 10.2. The minimum absolute atomic E-state index is 0.181. The topological polar surface area (TPSA) is 75.1 Å². The largest absolute Gasteiger partial charge is 0.489 e. The Morgan fingerprint density at radius 1 is 1.23 bits per heavy atom. The number of guanidine groups is 1. The van der Waals surface area contributed by atoms with Crippen molar-refractivity contribution in [2.45, 2.75) is 39.9 Å². The second-order valence-electron chi connectivity index (χ2n) is 6.57. The number of nitrogens with zero attached hydrogens (tertiary/aromatic N) is 1. The van der Waals surface area contributed by atoms with E-state index in [1.807, 2.05) is 13.8 Å². The predicted octanol–water partition coefficient (Wildman–Crippen LogP) is 2.18. The van der Waals surface area contributed by atoms with Crippen LogP contribution in [0.3, 0.4) is 0 Å². The highest BCUT2D eigenvalue weighted by Gasteiger charge is 2.08. The molecule has 0 radical (unpaired) electrons. The summed E-state index contributed by atoms with van der Waals surface area (Å²) in [5, 5.41) is 16.2. The summed E-state index contributed by atoms with van der Waals surface area (Å²) in [5.41, 5.74) is 0. The van der Waals surface area contributed by atoms with E-state index in [0.29, 0.717) is 37.3 Å². The first-order valence-electron chi connectivity index (χ1n) is 9.10. The molecule has 1 rings (SSSR count). The standard InChI is InChI=1S/C19H32FN3O3/c1-5-21-19(23-11-17(24)13-25-12-14(2)3)22-10-15(4)26-18-8-6-7-16(20)9-18/h6-9,14-15,17,24H,5,10-13H2,1-4H3,(H2,21,22,23). The Kier molecular flexibility index (Phi) is 10.7. The number of benzene rings is 1. The highest BCUT2D eigenvalue weighted by molar-refractivity contribution is 5.79. The first-order chi connectivity index (χ1) is 12.4. The number of halogens is 1. The van der Waals surface area contributed by atoms with E-state index in [-0.39, 0.29) is 25.1 Å². The van der Waals surface area contributed by atoms with Gasteiger partial charge in [-0.3, -0.25) is 4.99 Å². The zero-order valence-electron chi connectivity index (χ0n) is 16.2. The average molecular weight is 369 g/mol. The van der Waals surface area contributed by atoms with E-state index in [9.17, 15) is 9.50 Å². The van der Waals surface area contributed by atoms with Gasteiger partial charge >= 0.3 is 0 Å². The summed E-state index contributed by atoms with van der Waals surface area (Å²) in [6, 6.07) is 6.05. The van der Waals surface area contributed by atoms with Crippen molar-refractivity contribution < 1.29 is 19.0 Å². The van der Waals surface area contributed by atoms with Gasteiger partial charge in [0, 0.05) is 19.2 Å². The van der Waals surface area contributed by atoms with Gasteiger partial charge in [0.2, 0.25) is 0 Å². The highest BCUT2D eigenvalue weighted by atomic mass is 19.1. The molecule has 0 saturated heterocycles. The molecule has 7 heteroatoms. The van der Waals surface area contributed by atoms with E-state index in [4.69, 9.17) is 9.47 Å². The molecule has 148 valence electrons. The van der Waals surface area contributed by atoms with Gasteiger partial charge < -0.3 is 25.2 Å². The van der Waals surface area contributed by atoms with Crippen molar-refractivity contribution in [1.29, 1.82) is 0 Å². The molecule has 0 bridgehead atoms. The smallest absolute Gasteiger partial charge is 0.191 e. The van der Waals surface area contributed by atoms with Crippen LogP contribution in [0.5, 0.6) is 5.75 Å². The molecule has 0 aliphatic carbocycles. The number of aliphatic imine (C=N–C) groups is 1. The minimum atomic E-state index is -0.648. The van der Waals surface area contributed by atoms with Crippen LogP contribution in [0, 0.1) is 11.7 Å². The summed E-state index contributed by atoms with van der Waals surface area (Å²) in [4.78, 5) is 4.35. The SMILES string of the molecule is CCNC(=NCC(O)COCC(C)C)NCC(C)Oc1cccc(F)c1. The molecule has 26 heavy (non-hydrogen) atoms. The van der Waals surface area contributed by atoms with Gasteiger partial charge in [-0.1, -0.05) is 19.9 Å². The van der Waals surface area contributed by atoms with Crippen LogP contribution in [0.1, 0.15) is 27.7 Å². The molecule has 3 N–H and O–H groups in total. The monoisotopic (exact) mass is 369 g/mol. The Bertz CT molecular complexity index is 541. The minimum Gasteiger partial charge on any atom is -0.489 e. The molecular formula is C19H32FN3O3. The maximum absolute atomic E-state index is 13.2. The number of ether oxygens (including phenoxy) is 2. The van der Waals surface area contributed by atoms with E-state index < -0.39 is 6.10 Å². The van der Waals surface area contributed by atoms with Crippen molar-refractivity contribution >= 4 is 5.96 Å². The molecule has 0 fully saturated rings. The Balaban J connectivity index is 2.40. The molecule has 0 amide bonds. The van der Waals surface area contributed by atoms with Crippen LogP contribution in [0.15, 0.2) is 29.3 Å². The molecule has 0 heterocycles. The molecule has 0 aliphatic rings. The maximum Gasteiger partial charge on any atom is 0.191 e. The van der Waals surface area contributed by atoms with Gasteiger partial charge in [-0.2, -0.15) is 0 Å². The lowest BCUT2D eigenvalue weighted by molar-refractivity contribution is 0.0301. The number of aliphatic hydroxyl groups is 1. The van der Waals surface area contributed by atoms with Crippen LogP contribution in [-0.4, -0.2) is 56.1 Å². The van der Waals surface area contributed by atoms with Crippen molar-refractivity contribution in [3.63, 3.8) is 0 Å². The van der Waals surface area contributed by atoms with E-state index >= 15 is 0 Å². The van der Waals surface area contributed by atoms with Crippen LogP contribution in [0.2, 0.25) is 0 Å². The van der Waals surface area contributed by atoms with Crippen molar-refractivity contribution in [2.75, 3.05) is 32.8 Å². The van der Waals surface area contributed by atoms with Gasteiger partial charge in [0.05, 0.1) is 25.8 Å². The third kappa shape index (κ3) is 10.2. The highest BCUT2D eigenvalue weighted by Crippen LogP contribution is 2.13. The first kappa shape index (κ1) is 22.2. The Morgan fingerprint density at radius 2 is 2.00 bits per heavy atom. The third-order valence-corrected chi connectivity index (χ3v) is 3.26. The zero-order chi connectivity index (χ0) is 19.4. The second kappa shape index (κ2) is 12.5. The third-order valence-electron chi connectivity index (χ3n) is 3.26. The molecular weight excluding hydrogens is 337 g/mol. The van der Waals surface area contributed by atoms with Crippen LogP contribution in [0.25, 0.3) is 0 Å². The second-order valence-corrected chi connectivity index (χ2v) is 6.57. The van der Waals surface area contributed by atoms with Gasteiger partial charge in [-0.05, 0) is 31.9 Å². The van der Waals surface area contributed by atoms with E-state index in [2.05, 4.69) is 29.5 Å². The summed E-state index contributed by atoms with van der Waals surface area (Å²) in [6.45, 7) is 10.3. The molecule has 2 unspecified atom stereocenters. The molecule has 0 aliphatic heterocycles. The van der Waals surface area contributed by atoms with Crippen molar-refractivity contribution in [1.82, 2.24) is 10.6 Å². The van der Waals surface area contributed by atoms with Crippen LogP contribution >= 0.6 is 0 Å². The zero-order valence-corrected chi connectivity index (χ0v) is 16.2. The van der Waals surface area contributed by atoms with E-state index in [0.717, 1.165) is 0 Å². The maximum atomic E-state index is 13.2. The van der Waals surface area contributed by atoms with Gasteiger partial charge in [-0.15, -0.1) is 0 Å². The molecule has 0 aromatic heterocycles. The quantitative estimate of drug-likeness (QED) is 0.412. The van der Waals surface area contributed by atoms with Gasteiger partial charge in [0.15, 0.2) is 5.96 Å². The average Bonchev–Trinajstić information content (AvgIpc) is 2.57. The van der Waals surface area contributed by atoms with Crippen molar-refractivity contribution in [3.8, 4) is 5.75 Å². The fraction of sp³-hybridized carbons (Fsp3) is 0.632. The van der Waals surface area contributed by atoms with Crippen LogP contribution in [-0.2, 0) is 4.74 Å². The molecule has 0 saturated carbocycles. The van der Waals surface area contributed by atoms with Gasteiger partial charge in [0.25, 0.3) is 0 Å². The van der Waals surface area contributed by atoms with E-state index in [1.54, 1.807) is 12.1 Å². The summed E-state index contributed by atoms with van der Waals surface area (Å²) in [5.74, 6) is 1.18. The number of rotatable bonds is 11. The molecule has 0 spiro atoms. The number of hydrogen-bond acceptors (Lipinski definition) is 4. The van der Waals surface area contributed by atoms with Crippen LogP contribution < -0.4 is 15.4 Å². The summed E-state index contributed by atoms with van der Waals surface area (Å²) in [6.07, 6.45) is -0.829. The number of nitrogens with one attached hydrogen (secondary N) is 2. The van der Waals surface area contributed by atoms with Gasteiger partial charge in [0.1, 0.15) is 17.7 Å². The lowest BCUT2D eigenvalue weighted by Crippen LogP contribution is -2.42. The Hall–Kier alpha value is -1.86. The molecule has 2 atom stereocenters. The first-order valence-corrected chi connectivity index (χ1v) is 9.10. The van der Waals surface area contributed by atoms with Crippen molar-refractivity contribution in [2.24, 2.45) is 10.9 Å².